The van der Waals surface area contributed by atoms with Gasteiger partial charge in [-0.15, -0.1) is 0 Å². The van der Waals surface area contributed by atoms with E-state index >= 15 is 0 Å². The Kier molecular flexibility index (Phi) is 5.86. The molecule has 3 heterocycles. The van der Waals surface area contributed by atoms with Crippen LogP contribution in [0.2, 0.25) is 5.02 Å². The summed E-state index contributed by atoms with van der Waals surface area (Å²) in [7, 11) is 1.74. The second-order valence-corrected chi connectivity index (χ2v) is 7.70. The van der Waals surface area contributed by atoms with Crippen LogP contribution >= 0.6 is 11.6 Å². The van der Waals surface area contributed by atoms with Crippen LogP contribution in [0.1, 0.15) is 55.8 Å². The zero-order valence-corrected chi connectivity index (χ0v) is 18.2. The molecule has 1 aliphatic rings. The summed E-state index contributed by atoms with van der Waals surface area (Å²) in [6.45, 7) is 4.14. The Morgan fingerprint density at radius 3 is 2.68 bits per heavy atom. The molecule has 0 saturated heterocycles. The molecule has 1 saturated carbocycles. The molecule has 0 radical (unpaired) electrons. The monoisotopic (exact) mass is 444 g/mol. The highest BCUT2D eigenvalue weighted by Gasteiger charge is 2.35. The quantitative estimate of drug-likeness (QED) is 0.471. The van der Waals surface area contributed by atoms with Gasteiger partial charge >= 0.3 is 0 Å². The zero-order chi connectivity index (χ0) is 22.1. The van der Waals surface area contributed by atoms with Crippen LogP contribution in [-0.2, 0) is 13.6 Å². The van der Waals surface area contributed by atoms with Crippen molar-refractivity contribution in [3.05, 3.63) is 69.3 Å². The summed E-state index contributed by atoms with van der Waals surface area (Å²) in [5.41, 5.74) is 1.62. The molecule has 0 unspecified atom stereocenters. The smallest absolute Gasteiger partial charge is 0.280 e. The van der Waals surface area contributed by atoms with Crippen molar-refractivity contribution in [2.24, 2.45) is 7.05 Å². The Hall–Kier alpha value is -3.07. The Balaban J connectivity index is 0.00000112. The number of hydrogen-bond donors (Lipinski definition) is 0. The number of benzene rings is 1. The van der Waals surface area contributed by atoms with E-state index in [2.05, 4.69) is 20.1 Å². The normalized spacial score (nSPS) is 17.8. The molecule has 0 N–H and O–H groups in total. The lowest BCUT2D eigenvalue weighted by Gasteiger charge is -2.33. The molecule has 3 aromatic heterocycles. The maximum absolute atomic E-state index is 13.3. The van der Waals surface area contributed by atoms with Crippen molar-refractivity contribution < 1.29 is 8.91 Å². The van der Waals surface area contributed by atoms with Crippen LogP contribution in [0.5, 0.6) is 0 Å². The zero-order valence-electron chi connectivity index (χ0n) is 17.4. The average Bonchev–Trinajstić information content (AvgIpc) is 3.34. The Morgan fingerprint density at radius 1 is 1.19 bits per heavy atom. The van der Waals surface area contributed by atoms with E-state index in [-0.39, 0.29) is 23.0 Å². The molecule has 162 valence electrons. The van der Waals surface area contributed by atoms with Crippen molar-refractivity contribution in [1.29, 1.82) is 0 Å². The van der Waals surface area contributed by atoms with Gasteiger partial charge in [-0.1, -0.05) is 36.7 Å². The molecule has 10 heteroatoms. The SMILES string of the molecule is CC.Cn1cnc2ncn(Cc3nc(C4CC(c5ccc(F)c(Cl)c5)C4)no3)c(=O)c21. The van der Waals surface area contributed by atoms with Gasteiger partial charge in [0.2, 0.25) is 5.89 Å². The molecule has 0 spiro atoms. The van der Waals surface area contributed by atoms with Crippen LogP contribution in [0.3, 0.4) is 0 Å². The summed E-state index contributed by atoms with van der Waals surface area (Å²) in [4.78, 5) is 25.3. The van der Waals surface area contributed by atoms with Gasteiger partial charge in [-0.3, -0.25) is 9.36 Å². The minimum atomic E-state index is -0.414. The number of aromatic nitrogens is 6. The summed E-state index contributed by atoms with van der Waals surface area (Å²) < 4.78 is 21.7. The number of halogens is 2. The predicted octanol–water partition coefficient (Wildman–Crippen LogP) is 4.04. The maximum atomic E-state index is 13.3. The summed E-state index contributed by atoms with van der Waals surface area (Å²) in [6, 6.07) is 4.83. The third kappa shape index (κ3) is 3.97. The van der Waals surface area contributed by atoms with Crippen LogP contribution in [-0.4, -0.2) is 29.2 Å². The molecule has 0 aliphatic heterocycles. The molecular weight excluding hydrogens is 423 g/mol. The van der Waals surface area contributed by atoms with Gasteiger partial charge < -0.3 is 9.09 Å². The molecule has 1 fully saturated rings. The topological polar surface area (TPSA) is 91.6 Å². The minimum Gasteiger partial charge on any atom is -0.337 e. The molecule has 4 aromatic rings. The molecule has 1 aliphatic carbocycles. The van der Waals surface area contributed by atoms with Gasteiger partial charge in [0.15, 0.2) is 17.0 Å². The van der Waals surface area contributed by atoms with Crippen LogP contribution in [0.4, 0.5) is 4.39 Å². The highest BCUT2D eigenvalue weighted by Crippen LogP contribution is 2.47. The first-order valence-corrected chi connectivity index (χ1v) is 10.5. The van der Waals surface area contributed by atoms with Crippen molar-refractivity contribution in [2.45, 2.75) is 45.1 Å². The first kappa shape index (κ1) is 21.2. The van der Waals surface area contributed by atoms with E-state index in [1.54, 1.807) is 30.1 Å². The Labute approximate surface area is 182 Å². The second kappa shape index (κ2) is 8.58. The number of rotatable bonds is 4. The number of fused-ring (bicyclic) bond motifs is 1. The predicted molar refractivity (Wildman–Crippen MR) is 114 cm³/mol. The van der Waals surface area contributed by atoms with Gasteiger partial charge in [0.1, 0.15) is 18.7 Å². The first-order chi connectivity index (χ1) is 15.0. The van der Waals surface area contributed by atoms with Crippen molar-refractivity contribution in [3.63, 3.8) is 0 Å². The van der Waals surface area contributed by atoms with E-state index < -0.39 is 5.82 Å². The molecule has 31 heavy (non-hydrogen) atoms. The van der Waals surface area contributed by atoms with Gasteiger partial charge in [0, 0.05) is 13.0 Å². The molecular formula is C21H22ClFN6O2. The second-order valence-electron chi connectivity index (χ2n) is 7.29. The largest absolute Gasteiger partial charge is 0.337 e. The average molecular weight is 445 g/mol. The molecule has 0 amide bonds. The Bertz CT molecular complexity index is 1270. The molecule has 8 nitrogen and oxygen atoms in total. The van der Waals surface area contributed by atoms with E-state index in [4.69, 9.17) is 16.1 Å². The first-order valence-electron chi connectivity index (χ1n) is 10.1. The van der Waals surface area contributed by atoms with Gasteiger partial charge in [-0.2, -0.15) is 4.98 Å². The third-order valence-corrected chi connectivity index (χ3v) is 5.70. The maximum Gasteiger partial charge on any atom is 0.280 e. The third-order valence-electron chi connectivity index (χ3n) is 5.41. The number of aryl methyl sites for hydroxylation is 1. The standard InChI is InChI=1S/C19H16ClFN6O2.C2H6/c1-26-8-22-18-16(26)19(28)27(9-23-18)7-15-24-17(25-29-15)12-4-11(5-12)10-2-3-14(21)13(20)6-10;1-2/h2-3,6,8-9,11-12H,4-5,7H2,1H3;1-2H3. The van der Waals surface area contributed by atoms with E-state index in [0.717, 1.165) is 18.4 Å². The molecule has 0 bridgehead atoms. The van der Waals surface area contributed by atoms with E-state index in [1.807, 2.05) is 13.8 Å². The summed E-state index contributed by atoms with van der Waals surface area (Å²) in [5.74, 6) is 1.00. The fourth-order valence-corrected chi connectivity index (χ4v) is 3.88. The van der Waals surface area contributed by atoms with Crippen LogP contribution in [0.15, 0.2) is 40.2 Å². The number of hydrogen-bond acceptors (Lipinski definition) is 6. The molecule has 0 atom stereocenters. The lowest BCUT2D eigenvalue weighted by atomic mass is 9.71. The van der Waals surface area contributed by atoms with E-state index in [9.17, 15) is 9.18 Å². The van der Waals surface area contributed by atoms with Crippen LogP contribution in [0, 0.1) is 5.82 Å². The minimum absolute atomic E-state index is 0.136. The Morgan fingerprint density at radius 2 is 1.94 bits per heavy atom. The lowest BCUT2D eigenvalue weighted by Crippen LogP contribution is -2.23. The fraction of sp³-hybridized carbons (Fsp3) is 0.381. The summed E-state index contributed by atoms with van der Waals surface area (Å²) in [6.07, 6.45) is 4.65. The molecule has 1 aromatic carbocycles. The van der Waals surface area contributed by atoms with Crippen LogP contribution in [0.25, 0.3) is 11.2 Å². The highest BCUT2D eigenvalue weighted by molar-refractivity contribution is 6.30. The van der Waals surface area contributed by atoms with Crippen molar-refractivity contribution in [1.82, 2.24) is 29.2 Å². The fourth-order valence-electron chi connectivity index (χ4n) is 3.70. The van der Waals surface area contributed by atoms with Crippen molar-refractivity contribution >= 4 is 22.8 Å². The number of nitrogens with zero attached hydrogens (tertiary/aromatic N) is 6. The van der Waals surface area contributed by atoms with E-state index in [0.29, 0.717) is 28.8 Å². The molecule has 5 rings (SSSR count). The van der Waals surface area contributed by atoms with Gasteiger partial charge in [0.25, 0.3) is 5.56 Å². The van der Waals surface area contributed by atoms with Crippen LogP contribution < -0.4 is 5.56 Å². The van der Waals surface area contributed by atoms with E-state index in [1.165, 1.54) is 17.0 Å². The van der Waals surface area contributed by atoms with Gasteiger partial charge in [0.05, 0.1) is 11.3 Å². The van der Waals surface area contributed by atoms with Crippen molar-refractivity contribution in [3.8, 4) is 0 Å². The summed E-state index contributed by atoms with van der Waals surface area (Å²) in [5, 5.41) is 4.20. The summed E-state index contributed by atoms with van der Waals surface area (Å²) >= 11 is 5.87. The lowest BCUT2D eigenvalue weighted by molar-refractivity contribution is 0.315. The highest BCUT2D eigenvalue weighted by atomic mass is 35.5. The van der Waals surface area contributed by atoms with Crippen molar-refractivity contribution in [2.75, 3.05) is 0 Å². The van der Waals surface area contributed by atoms with Gasteiger partial charge in [-0.05, 0) is 36.5 Å². The number of imidazole rings is 1. The van der Waals surface area contributed by atoms with Gasteiger partial charge in [-0.25, -0.2) is 14.4 Å².